The first-order valence-electron chi connectivity index (χ1n) is 4.89. The van der Waals surface area contributed by atoms with E-state index in [4.69, 9.17) is 5.11 Å². The highest BCUT2D eigenvalue weighted by Gasteiger charge is 2.24. The van der Waals surface area contributed by atoms with Gasteiger partial charge in [-0.1, -0.05) is 15.9 Å². The highest BCUT2D eigenvalue weighted by Crippen LogP contribution is 2.25. The summed E-state index contributed by atoms with van der Waals surface area (Å²) in [6.07, 6.45) is -0.225. The Labute approximate surface area is 101 Å². The third kappa shape index (κ3) is 2.40. The maximum absolute atomic E-state index is 10.5. The zero-order valence-corrected chi connectivity index (χ0v) is 10.1. The van der Waals surface area contributed by atoms with Crippen molar-refractivity contribution in [3.8, 4) is 0 Å². The first-order valence-corrected chi connectivity index (χ1v) is 5.69. The number of aliphatic hydroxyl groups is 1. The predicted molar refractivity (Wildman–Crippen MR) is 62.1 cm³/mol. The van der Waals surface area contributed by atoms with Gasteiger partial charge in [0, 0.05) is 36.2 Å². The van der Waals surface area contributed by atoms with Crippen LogP contribution in [0.3, 0.4) is 0 Å². The molecule has 1 N–H and O–H groups in total. The number of likely N-dealkylation sites (tertiary alicyclic amines) is 1. The monoisotopic (exact) mass is 286 g/mol. The molecule has 1 heterocycles. The first kappa shape index (κ1) is 11.5. The summed E-state index contributed by atoms with van der Waals surface area (Å²) in [5, 5.41) is 19.7. The second-order valence-electron chi connectivity index (χ2n) is 3.88. The van der Waals surface area contributed by atoms with Gasteiger partial charge in [0.05, 0.1) is 11.0 Å². The van der Waals surface area contributed by atoms with E-state index < -0.39 is 4.92 Å². The number of hydrogen-bond donors (Lipinski definition) is 1. The van der Waals surface area contributed by atoms with Crippen molar-refractivity contribution >= 4 is 21.6 Å². The molecule has 1 aliphatic heterocycles. The fourth-order valence-electron chi connectivity index (χ4n) is 1.69. The van der Waals surface area contributed by atoms with Gasteiger partial charge in [-0.25, -0.2) is 0 Å². The minimum absolute atomic E-state index is 0.0827. The minimum Gasteiger partial charge on any atom is -0.390 e. The van der Waals surface area contributed by atoms with Crippen LogP contribution < -0.4 is 0 Å². The average molecular weight is 287 g/mol. The maximum atomic E-state index is 10.5. The van der Waals surface area contributed by atoms with E-state index in [0.29, 0.717) is 19.6 Å². The molecule has 0 spiro atoms. The van der Waals surface area contributed by atoms with Crippen molar-refractivity contribution in [1.29, 1.82) is 0 Å². The molecule has 1 aliphatic rings. The molecule has 0 unspecified atom stereocenters. The van der Waals surface area contributed by atoms with Gasteiger partial charge in [0.2, 0.25) is 0 Å². The lowest BCUT2D eigenvalue weighted by molar-refractivity contribution is -0.384. The summed E-state index contributed by atoms with van der Waals surface area (Å²) in [5.74, 6) is 0. The summed E-state index contributed by atoms with van der Waals surface area (Å²) >= 11 is 3.32. The molecule has 0 saturated carbocycles. The van der Waals surface area contributed by atoms with Gasteiger partial charge in [0.15, 0.2) is 0 Å². The lowest BCUT2D eigenvalue weighted by Crippen LogP contribution is -2.49. The third-order valence-corrected chi connectivity index (χ3v) is 3.32. The third-order valence-electron chi connectivity index (χ3n) is 2.58. The van der Waals surface area contributed by atoms with Crippen molar-refractivity contribution in [3.05, 3.63) is 38.3 Å². The number of rotatable bonds is 3. The van der Waals surface area contributed by atoms with E-state index >= 15 is 0 Å². The maximum Gasteiger partial charge on any atom is 0.270 e. The lowest BCUT2D eigenvalue weighted by atomic mass is 10.1. The van der Waals surface area contributed by atoms with Crippen LogP contribution in [0.15, 0.2) is 22.7 Å². The van der Waals surface area contributed by atoms with E-state index in [1.165, 1.54) is 12.1 Å². The highest BCUT2D eigenvalue weighted by molar-refractivity contribution is 9.10. The van der Waals surface area contributed by atoms with Gasteiger partial charge >= 0.3 is 0 Å². The number of nitro benzene ring substituents is 1. The smallest absolute Gasteiger partial charge is 0.270 e. The Hall–Kier alpha value is -0.980. The fraction of sp³-hybridized carbons (Fsp3) is 0.400. The molecule has 0 atom stereocenters. The number of non-ortho nitro benzene ring substituents is 1. The number of benzene rings is 1. The number of nitrogens with zero attached hydrogens (tertiary/aromatic N) is 2. The van der Waals surface area contributed by atoms with E-state index in [1.54, 1.807) is 6.07 Å². The molecule has 1 aromatic rings. The molecule has 0 aromatic heterocycles. The van der Waals surface area contributed by atoms with Crippen molar-refractivity contribution in [2.45, 2.75) is 12.6 Å². The van der Waals surface area contributed by atoms with Gasteiger partial charge in [-0.15, -0.1) is 0 Å². The van der Waals surface area contributed by atoms with Crippen LogP contribution in [-0.4, -0.2) is 34.1 Å². The van der Waals surface area contributed by atoms with Crippen molar-refractivity contribution in [1.82, 2.24) is 4.90 Å². The van der Waals surface area contributed by atoms with E-state index in [-0.39, 0.29) is 11.8 Å². The van der Waals surface area contributed by atoms with Gasteiger partial charge in [-0.05, 0) is 11.6 Å². The minimum atomic E-state index is -0.415. The highest BCUT2D eigenvalue weighted by atomic mass is 79.9. The molecule has 6 heteroatoms. The van der Waals surface area contributed by atoms with Crippen LogP contribution >= 0.6 is 15.9 Å². The van der Waals surface area contributed by atoms with Crippen LogP contribution in [0.2, 0.25) is 0 Å². The molecule has 1 aromatic carbocycles. The Bertz CT molecular complexity index is 419. The summed E-state index contributed by atoms with van der Waals surface area (Å²) in [5.41, 5.74) is 1.08. The van der Waals surface area contributed by atoms with Gasteiger partial charge in [-0.2, -0.15) is 0 Å². The van der Waals surface area contributed by atoms with E-state index in [2.05, 4.69) is 20.8 Å². The lowest BCUT2D eigenvalue weighted by Gasteiger charge is -2.35. The second kappa shape index (κ2) is 4.48. The van der Waals surface area contributed by atoms with E-state index in [0.717, 1.165) is 10.0 Å². The largest absolute Gasteiger partial charge is 0.390 e. The number of aliphatic hydroxyl groups excluding tert-OH is 1. The van der Waals surface area contributed by atoms with E-state index in [1.807, 2.05) is 0 Å². The quantitative estimate of drug-likeness (QED) is 0.676. The predicted octanol–water partition coefficient (Wildman–Crippen LogP) is 1.53. The molecule has 0 amide bonds. The normalized spacial score (nSPS) is 17.1. The summed E-state index contributed by atoms with van der Waals surface area (Å²) < 4.78 is 0.739. The standard InChI is InChI=1S/C10H11BrN2O3/c11-10-3-8(13(15)16)2-1-7(10)4-12-5-9(14)6-12/h1-3,9,14H,4-6H2. The molecule has 16 heavy (non-hydrogen) atoms. The Morgan fingerprint density at radius 2 is 2.25 bits per heavy atom. The second-order valence-corrected chi connectivity index (χ2v) is 4.74. The molecule has 1 fully saturated rings. The van der Waals surface area contributed by atoms with Crippen molar-refractivity contribution in [2.75, 3.05) is 13.1 Å². The summed E-state index contributed by atoms with van der Waals surface area (Å²) in [4.78, 5) is 12.2. The molecular formula is C10H11BrN2O3. The van der Waals surface area contributed by atoms with Crippen LogP contribution in [0.1, 0.15) is 5.56 Å². The van der Waals surface area contributed by atoms with Crippen LogP contribution in [0.4, 0.5) is 5.69 Å². The first-order chi connectivity index (χ1) is 7.56. The number of halogens is 1. The zero-order valence-electron chi connectivity index (χ0n) is 8.47. The van der Waals surface area contributed by atoms with E-state index in [9.17, 15) is 10.1 Å². The summed E-state index contributed by atoms with van der Waals surface area (Å²) in [7, 11) is 0. The molecule has 2 rings (SSSR count). The Balaban J connectivity index is 2.07. The van der Waals surface area contributed by atoms with Crippen LogP contribution in [0, 0.1) is 10.1 Å². The van der Waals surface area contributed by atoms with Crippen LogP contribution in [0.25, 0.3) is 0 Å². The molecule has 1 saturated heterocycles. The van der Waals surface area contributed by atoms with Crippen LogP contribution in [-0.2, 0) is 6.54 Å². The number of hydrogen-bond acceptors (Lipinski definition) is 4. The molecule has 0 aliphatic carbocycles. The molecule has 5 nitrogen and oxygen atoms in total. The molecular weight excluding hydrogens is 276 g/mol. The van der Waals surface area contributed by atoms with Crippen LogP contribution in [0.5, 0.6) is 0 Å². The number of β-amino-alcohol motifs (C(OH)–C–C–N with tert-alkyl or cyclic N) is 1. The molecule has 0 radical (unpaired) electrons. The topological polar surface area (TPSA) is 66.6 Å². The average Bonchev–Trinajstić information content (AvgIpc) is 2.18. The molecule has 86 valence electrons. The number of nitro groups is 1. The zero-order chi connectivity index (χ0) is 11.7. The Kier molecular flexibility index (Phi) is 3.22. The van der Waals surface area contributed by atoms with Crippen molar-refractivity contribution < 1.29 is 10.0 Å². The Morgan fingerprint density at radius 3 is 2.75 bits per heavy atom. The fourth-order valence-corrected chi connectivity index (χ4v) is 2.18. The SMILES string of the molecule is O=[N+]([O-])c1ccc(CN2CC(O)C2)c(Br)c1. The van der Waals surface area contributed by atoms with Gasteiger partial charge < -0.3 is 5.11 Å². The van der Waals surface area contributed by atoms with Crippen molar-refractivity contribution in [3.63, 3.8) is 0 Å². The molecule has 0 bridgehead atoms. The van der Waals surface area contributed by atoms with Gasteiger partial charge in [0.25, 0.3) is 5.69 Å². The summed E-state index contributed by atoms with van der Waals surface area (Å²) in [6, 6.07) is 4.74. The van der Waals surface area contributed by atoms with Gasteiger partial charge in [-0.3, -0.25) is 15.0 Å². The van der Waals surface area contributed by atoms with Crippen molar-refractivity contribution in [2.24, 2.45) is 0 Å². The van der Waals surface area contributed by atoms with Gasteiger partial charge in [0.1, 0.15) is 0 Å². The Morgan fingerprint density at radius 1 is 1.56 bits per heavy atom. The summed E-state index contributed by atoms with van der Waals surface area (Å²) in [6.45, 7) is 2.04.